The fraction of sp³-hybridized carbons (Fsp3) is 0.333. The molecule has 0 aliphatic rings. The Hall–Kier alpha value is -2.94. The van der Waals surface area contributed by atoms with Crippen molar-refractivity contribution in [2.24, 2.45) is 10.2 Å². The first kappa shape index (κ1) is 21.8. The van der Waals surface area contributed by atoms with Crippen molar-refractivity contribution in [1.82, 2.24) is 0 Å². The maximum absolute atomic E-state index is 6.00. The molecule has 0 spiro atoms. The Labute approximate surface area is 180 Å². The smallest absolute Gasteiger partial charge is 0.119 e. The van der Waals surface area contributed by atoms with E-state index in [0.717, 1.165) is 23.5 Å². The summed E-state index contributed by atoms with van der Waals surface area (Å²) in [7, 11) is 0. The van der Waals surface area contributed by atoms with Crippen molar-refractivity contribution in [3.63, 3.8) is 0 Å². The van der Waals surface area contributed by atoms with Gasteiger partial charge in [-0.1, -0.05) is 68.1 Å². The molecule has 0 aliphatic carbocycles. The number of azo groups is 1. The average Bonchev–Trinajstić information content (AvgIpc) is 2.77. The summed E-state index contributed by atoms with van der Waals surface area (Å²) in [5.74, 6) is 0.888. The Morgan fingerprint density at radius 1 is 0.700 bits per heavy atom. The molecule has 0 unspecified atom stereocenters. The molecule has 30 heavy (non-hydrogen) atoms. The zero-order valence-electron chi connectivity index (χ0n) is 18.3. The Balaban J connectivity index is 1.52. The molecule has 3 nitrogen and oxygen atoms in total. The van der Waals surface area contributed by atoms with E-state index in [4.69, 9.17) is 4.74 Å². The molecule has 1 atom stereocenters. The molecule has 0 bridgehead atoms. The van der Waals surface area contributed by atoms with Crippen LogP contribution in [0.5, 0.6) is 5.75 Å². The van der Waals surface area contributed by atoms with Gasteiger partial charge in [-0.25, -0.2) is 0 Å². The number of ether oxygens (including phenoxy) is 1. The quantitative estimate of drug-likeness (QED) is 0.247. The second-order valence-corrected chi connectivity index (χ2v) is 7.88. The van der Waals surface area contributed by atoms with Crippen molar-refractivity contribution in [2.45, 2.75) is 59.0 Å². The summed E-state index contributed by atoms with van der Waals surface area (Å²) in [4.78, 5) is 0. The van der Waals surface area contributed by atoms with Crippen molar-refractivity contribution in [3.05, 3.63) is 78.4 Å². The normalized spacial score (nSPS) is 12.2. The van der Waals surface area contributed by atoms with Crippen LogP contribution in [0.15, 0.2) is 83.0 Å². The van der Waals surface area contributed by atoms with Gasteiger partial charge in [0.05, 0.1) is 17.5 Å². The van der Waals surface area contributed by atoms with Crippen LogP contribution in [0.4, 0.5) is 11.4 Å². The molecule has 0 heterocycles. The van der Waals surface area contributed by atoms with E-state index in [1.165, 1.54) is 42.4 Å². The summed E-state index contributed by atoms with van der Waals surface area (Å²) >= 11 is 0. The first-order chi connectivity index (χ1) is 14.6. The summed E-state index contributed by atoms with van der Waals surface area (Å²) in [5, 5.41) is 8.71. The maximum Gasteiger partial charge on any atom is 0.119 e. The van der Waals surface area contributed by atoms with E-state index in [2.05, 4.69) is 67.4 Å². The van der Waals surface area contributed by atoms with E-state index in [0.29, 0.717) is 0 Å². The van der Waals surface area contributed by atoms with Crippen molar-refractivity contribution in [2.75, 3.05) is 0 Å². The summed E-state index contributed by atoms with van der Waals surface area (Å²) in [6.07, 6.45) is 6.42. The lowest BCUT2D eigenvalue weighted by atomic mass is 10.0. The van der Waals surface area contributed by atoms with Gasteiger partial charge in [-0.15, -0.1) is 0 Å². The molecule has 3 rings (SSSR count). The van der Waals surface area contributed by atoms with Gasteiger partial charge in [0.25, 0.3) is 0 Å². The molecule has 156 valence electrons. The molecule has 3 aromatic carbocycles. The highest BCUT2D eigenvalue weighted by Crippen LogP contribution is 2.25. The van der Waals surface area contributed by atoms with Crippen LogP contribution in [0.25, 0.3) is 11.1 Å². The highest BCUT2D eigenvalue weighted by Gasteiger charge is 2.04. The van der Waals surface area contributed by atoms with E-state index in [9.17, 15) is 0 Å². The van der Waals surface area contributed by atoms with Gasteiger partial charge in [0.2, 0.25) is 0 Å². The van der Waals surface area contributed by atoms with Gasteiger partial charge in [-0.2, -0.15) is 10.2 Å². The van der Waals surface area contributed by atoms with Crippen LogP contribution in [0.2, 0.25) is 0 Å². The van der Waals surface area contributed by atoms with Crippen LogP contribution in [0.3, 0.4) is 0 Å². The van der Waals surface area contributed by atoms with Crippen molar-refractivity contribution in [3.8, 4) is 16.9 Å². The van der Waals surface area contributed by atoms with Gasteiger partial charge in [-0.3, -0.25) is 0 Å². The third-order valence-electron chi connectivity index (χ3n) is 5.17. The summed E-state index contributed by atoms with van der Waals surface area (Å²) in [5.41, 5.74) is 5.31. The molecule has 0 aliphatic heterocycles. The monoisotopic (exact) mass is 400 g/mol. The van der Waals surface area contributed by atoms with Crippen molar-refractivity contribution >= 4 is 11.4 Å². The van der Waals surface area contributed by atoms with Crippen LogP contribution in [0.1, 0.15) is 51.5 Å². The minimum absolute atomic E-state index is 0.237. The Bertz CT molecular complexity index is 913. The SMILES string of the molecule is CCCCCC[C@H](C)Oc1ccc(N=Nc2ccc(-c3ccc(C)cc3)cc2)cc1. The minimum atomic E-state index is 0.237. The Morgan fingerprint density at radius 3 is 1.80 bits per heavy atom. The highest BCUT2D eigenvalue weighted by atomic mass is 16.5. The minimum Gasteiger partial charge on any atom is -0.491 e. The van der Waals surface area contributed by atoms with E-state index in [1.54, 1.807) is 0 Å². The van der Waals surface area contributed by atoms with Crippen LogP contribution in [-0.2, 0) is 0 Å². The van der Waals surface area contributed by atoms with Gasteiger partial charge in [0, 0.05) is 0 Å². The van der Waals surface area contributed by atoms with E-state index < -0.39 is 0 Å². The molecule has 3 heteroatoms. The zero-order valence-corrected chi connectivity index (χ0v) is 18.3. The zero-order chi connectivity index (χ0) is 21.2. The number of hydrogen-bond donors (Lipinski definition) is 0. The lowest BCUT2D eigenvalue weighted by Crippen LogP contribution is -2.11. The van der Waals surface area contributed by atoms with Crippen LogP contribution in [-0.4, -0.2) is 6.10 Å². The fourth-order valence-corrected chi connectivity index (χ4v) is 3.32. The van der Waals surface area contributed by atoms with Crippen LogP contribution >= 0.6 is 0 Å². The topological polar surface area (TPSA) is 34.0 Å². The van der Waals surface area contributed by atoms with Gasteiger partial charge < -0.3 is 4.74 Å². The average molecular weight is 401 g/mol. The number of hydrogen-bond acceptors (Lipinski definition) is 3. The van der Waals surface area contributed by atoms with E-state index in [1.807, 2.05) is 36.4 Å². The summed E-state index contributed by atoms with van der Waals surface area (Å²) in [6.45, 7) is 6.47. The molecular weight excluding hydrogens is 368 g/mol. The molecule has 0 saturated carbocycles. The summed E-state index contributed by atoms with van der Waals surface area (Å²) < 4.78 is 6.00. The largest absolute Gasteiger partial charge is 0.491 e. The van der Waals surface area contributed by atoms with Crippen LogP contribution < -0.4 is 4.74 Å². The number of aryl methyl sites for hydroxylation is 1. The fourth-order valence-electron chi connectivity index (χ4n) is 3.32. The predicted octanol–water partition coefficient (Wildman–Crippen LogP) is 8.82. The molecule has 0 N–H and O–H groups in total. The first-order valence-corrected chi connectivity index (χ1v) is 11.0. The molecule has 0 aromatic heterocycles. The van der Waals surface area contributed by atoms with Gasteiger partial charge >= 0.3 is 0 Å². The Kier molecular flexibility index (Phi) is 8.20. The predicted molar refractivity (Wildman–Crippen MR) is 126 cm³/mol. The lowest BCUT2D eigenvalue weighted by Gasteiger charge is -2.14. The van der Waals surface area contributed by atoms with Crippen LogP contribution in [0, 0.1) is 6.92 Å². The second-order valence-electron chi connectivity index (χ2n) is 7.88. The molecule has 3 aromatic rings. The lowest BCUT2D eigenvalue weighted by molar-refractivity contribution is 0.206. The van der Waals surface area contributed by atoms with Gasteiger partial charge in [0.15, 0.2) is 0 Å². The van der Waals surface area contributed by atoms with Crippen molar-refractivity contribution < 1.29 is 4.74 Å². The van der Waals surface area contributed by atoms with Gasteiger partial charge in [-0.05, 0) is 74.2 Å². The number of rotatable bonds is 10. The third kappa shape index (κ3) is 6.84. The highest BCUT2D eigenvalue weighted by molar-refractivity contribution is 5.65. The first-order valence-electron chi connectivity index (χ1n) is 11.0. The third-order valence-corrected chi connectivity index (χ3v) is 5.17. The molecule has 0 fully saturated rings. The summed E-state index contributed by atoms with van der Waals surface area (Å²) in [6, 6.07) is 24.5. The number of benzene rings is 3. The van der Waals surface area contributed by atoms with Crippen molar-refractivity contribution in [1.29, 1.82) is 0 Å². The number of nitrogens with zero attached hydrogens (tertiary/aromatic N) is 2. The second kappa shape index (κ2) is 11.3. The Morgan fingerprint density at radius 2 is 1.23 bits per heavy atom. The van der Waals surface area contributed by atoms with E-state index in [-0.39, 0.29) is 6.10 Å². The molecule has 0 amide bonds. The maximum atomic E-state index is 6.00. The van der Waals surface area contributed by atoms with E-state index >= 15 is 0 Å². The molecular formula is C27H32N2O. The number of unbranched alkanes of at least 4 members (excludes halogenated alkanes) is 3. The molecule has 0 radical (unpaired) electrons. The molecule has 0 saturated heterocycles. The standard InChI is InChI=1S/C27H32N2O/c1-4-5-6-7-8-22(3)30-27-19-17-26(18-20-27)29-28-25-15-13-24(14-16-25)23-11-9-21(2)10-12-23/h9-20,22H,4-8H2,1-3H3/t22-/m0/s1. The van der Waals surface area contributed by atoms with Gasteiger partial charge in [0.1, 0.15) is 5.75 Å².